The monoisotopic (exact) mass is 325 g/mol. The van der Waals surface area contributed by atoms with Gasteiger partial charge in [-0.15, -0.1) is 0 Å². The lowest BCUT2D eigenvalue weighted by Crippen LogP contribution is -2.05. The minimum atomic E-state index is -0.839. The number of benzene rings is 1. The van der Waals surface area contributed by atoms with Gasteiger partial charge < -0.3 is 9.84 Å². The highest BCUT2D eigenvalue weighted by molar-refractivity contribution is 9.10. The van der Waals surface area contributed by atoms with Gasteiger partial charge in [0.2, 0.25) is 0 Å². The fourth-order valence-corrected chi connectivity index (χ4v) is 2.18. The zero-order chi connectivity index (χ0) is 13.8. The molecular formula is C14H13BrFNO2. The molecule has 5 heteroatoms. The van der Waals surface area contributed by atoms with Crippen molar-refractivity contribution in [3.63, 3.8) is 0 Å². The third kappa shape index (κ3) is 3.30. The molecule has 1 aromatic heterocycles. The van der Waals surface area contributed by atoms with E-state index in [1.54, 1.807) is 24.4 Å². The molecule has 2 rings (SSSR count). The number of hydrogen-bond donors (Lipinski definition) is 1. The Balaban J connectivity index is 2.23. The van der Waals surface area contributed by atoms with Crippen molar-refractivity contribution in [1.82, 2.24) is 4.98 Å². The van der Waals surface area contributed by atoms with Crippen LogP contribution in [0, 0.1) is 5.82 Å². The van der Waals surface area contributed by atoms with Gasteiger partial charge >= 0.3 is 0 Å². The number of hydrogen-bond acceptors (Lipinski definition) is 3. The third-order valence-electron chi connectivity index (χ3n) is 2.82. The number of pyridine rings is 1. The summed E-state index contributed by atoms with van der Waals surface area (Å²) in [6, 6.07) is 6.44. The number of methoxy groups -OCH3 is 1. The molecule has 1 aromatic carbocycles. The predicted molar refractivity (Wildman–Crippen MR) is 73.6 cm³/mol. The largest absolute Gasteiger partial charge is 0.495 e. The van der Waals surface area contributed by atoms with Gasteiger partial charge in [-0.1, -0.05) is 22.0 Å². The molecule has 0 saturated carbocycles. The lowest BCUT2D eigenvalue weighted by molar-refractivity contribution is 0.172. The lowest BCUT2D eigenvalue weighted by Gasteiger charge is -2.14. The van der Waals surface area contributed by atoms with Crippen molar-refractivity contribution in [2.24, 2.45) is 0 Å². The maximum atomic E-state index is 13.7. The Kier molecular flexibility index (Phi) is 4.50. The van der Waals surface area contributed by atoms with Crippen LogP contribution >= 0.6 is 15.9 Å². The Morgan fingerprint density at radius 3 is 2.89 bits per heavy atom. The first-order valence-corrected chi connectivity index (χ1v) is 6.51. The predicted octanol–water partition coefficient (Wildman–Crippen LogP) is 3.27. The lowest BCUT2D eigenvalue weighted by atomic mass is 10.0. The van der Waals surface area contributed by atoms with Crippen LogP contribution in [0.4, 0.5) is 4.39 Å². The Labute approximate surface area is 119 Å². The van der Waals surface area contributed by atoms with Crippen LogP contribution in [0.15, 0.2) is 41.1 Å². The Bertz CT molecular complexity index is 577. The molecule has 3 nitrogen and oxygen atoms in total. The van der Waals surface area contributed by atoms with Gasteiger partial charge in [-0.2, -0.15) is 0 Å². The second kappa shape index (κ2) is 6.12. The number of aliphatic hydroxyl groups excluding tert-OH is 1. The van der Waals surface area contributed by atoms with Crippen LogP contribution in [0.25, 0.3) is 0 Å². The minimum absolute atomic E-state index is 0.180. The summed E-state index contributed by atoms with van der Waals surface area (Å²) in [6.45, 7) is 0. The first-order chi connectivity index (χ1) is 9.11. The van der Waals surface area contributed by atoms with E-state index in [1.807, 2.05) is 0 Å². The van der Waals surface area contributed by atoms with Gasteiger partial charge in [0, 0.05) is 22.7 Å². The number of rotatable bonds is 4. The zero-order valence-corrected chi connectivity index (χ0v) is 11.9. The van der Waals surface area contributed by atoms with Gasteiger partial charge in [-0.25, -0.2) is 4.39 Å². The topological polar surface area (TPSA) is 42.4 Å². The van der Waals surface area contributed by atoms with E-state index < -0.39 is 6.10 Å². The summed E-state index contributed by atoms with van der Waals surface area (Å²) in [6.07, 6.45) is 2.43. The molecule has 0 saturated heterocycles. The van der Waals surface area contributed by atoms with E-state index in [0.717, 1.165) is 0 Å². The smallest absolute Gasteiger partial charge is 0.142 e. The molecule has 0 radical (unpaired) electrons. The normalized spacial score (nSPS) is 12.2. The molecule has 19 heavy (non-hydrogen) atoms. The van der Waals surface area contributed by atoms with E-state index in [9.17, 15) is 9.50 Å². The fraction of sp³-hybridized carbons (Fsp3) is 0.214. The first kappa shape index (κ1) is 14.0. The molecule has 0 spiro atoms. The van der Waals surface area contributed by atoms with Crippen LogP contribution in [-0.4, -0.2) is 17.2 Å². The van der Waals surface area contributed by atoms with Gasteiger partial charge in [0.05, 0.1) is 19.4 Å². The third-order valence-corrected chi connectivity index (χ3v) is 3.32. The number of aromatic nitrogens is 1. The highest BCUT2D eigenvalue weighted by atomic mass is 79.9. The van der Waals surface area contributed by atoms with Crippen LogP contribution in [-0.2, 0) is 6.42 Å². The zero-order valence-electron chi connectivity index (χ0n) is 10.3. The van der Waals surface area contributed by atoms with Crippen LogP contribution in [0.2, 0.25) is 0 Å². The minimum Gasteiger partial charge on any atom is -0.495 e. The first-order valence-electron chi connectivity index (χ1n) is 5.71. The molecule has 0 aliphatic heterocycles. The van der Waals surface area contributed by atoms with Crippen molar-refractivity contribution in [3.8, 4) is 5.75 Å². The van der Waals surface area contributed by atoms with Crippen LogP contribution in [0.5, 0.6) is 5.75 Å². The molecule has 0 aliphatic rings. The molecule has 1 N–H and O–H groups in total. The Morgan fingerprint density at radius 1 is 1.42 bits per heavy atom. The summed E-state index contributed by atoms with van der Waals surface area (Å²) in [5.74, 6) is 0.147. The van der Waals surface area contributed by atoms with E-state index in [-0.39, 0.29) is 12.2 Å². The van der Waals surface area contributed by atoms with E-state index in [0.29, 0.717) is 21.3 Å². The summed E-state index contributed by atoms with van der Waals surface area (Å²) < 4.78 is 19.5. The number of halogens is 2. The van der Waals surface area contributed by atoms with E-state index >= 15 is 0 Å². The highest BCUT2D eigenvalue weighted by Gasteiger charge is 2.15. The molecule has 0 fully saturated rings. The van der Waals surface area contributed by atoms with E-state index in [2.05, 4.69) is 20.9 Å². The Hall–Kier alpha value is -1.46. The van der Waals surface area contributed by atoms with Gasteiger partial charge in [0.25, 0.3) is 0 Å². The molecule has 1 heterocycles. The van der Waals surface area contributed by atoms with Crippen LogP contribution in [0.1, 0.15) is 17.2 Å². The second-order valence-corrected chi connectivity index (χ2v) is 4.99. The number of nitrogens with zero attached hydrogens (tertiary/aromatic N) is 1. The van der Waals surface area contributed by atoms with E-state index in [4.69, 9.17) is 4.74 Å². The molecule has 1 atom stereocenters. The molecule has 1 unspecified atom stereocenters. The average Bonchev–Trinajstić information content (AvgIpc) is 2.41. The van der Waals surface area contributed by atoms with Crippen molar-refractivity contribution in [2.45, 2.75) is 12.5 Å². The summed E-state index contributed by atoms with van der Waals surface area (Å²) >= 11 is 3.20. The molecule has 0 amide bonds. The molecule has 0 bridgehead atoms. The van der Waals surface area contributed by atoms with Crippen LogP contribution in [0.3, 0.4) is 0 Å². The van der Waals surface area contributed by atoms with Gasteiger partial charge in [-0.3, -0.25) is 4.98 Å². The molecule has 100 valence electrons. The van der Waals surface area contributed by atoms with Crippen molar-refractivity contribution in [3.05, 3.63) is 58.1 Å². The summed E-state index contributed by atoms with van der Waals surface area (Å²) in [7, 11) is 1.51. The van der Waals surface area contributed by atoms with Crippen molar-refractivity contribution >= 4 is 15.9 Å². The van der Waals surface area contributed by atoms with Crippen LogP contribution < -0.4 is 4.74 Å². The number of aliphatic hydroxyl groups is 1. The second-order valence-electron chi connectivity index (χ2n) is 4.07. The van der Waals surface area contributed by atoms with E-state index in [1.165, 1.54) is 19.4 Å². The molecule has 2 aromatic rings. The summed E-state index contributed by atoms with van der Waals surface area (Å²) in [4.78, 5) is 3.92. The van der Waals surface area contributed by atoms with Crippen molar-refractivity contribution in [1.29, 1.82) is 0 Å². The average molecular weight is 326 g/mol. The fourth-order valence-electron chi connectivity index (χ4n) is 1.84. The summed E-state index contributed by atoms with van der Waals surface area (Å²) in [5, 5.41) is 10.2. The van der Waals surface area contributed by atoms with Gasteiger partial charge in [0.1, 0.15) is 11.6 Å². The highest BCUT2D eigenvalue weighted by Crippen LogP contribution is 2.27. The maximum Gasteiger partial charge on any atom is 0.142 e. The summed E-state index contributed by atoms with van der Waals surface area (Å²) in [5.41, 5.74) is 1.05. The number of ether oxygens (including phenoxy) is 1. The maximum absolute atomic E-state index is 13.7. The standard InChI is InChI=1S/C14H13BrFNO2/c1-19-14-8-17-5-4-11(14)13(18)6-9-2-3-10(15)7-12(9)16/h2-5,7-8,13,18H,6H2,1H3. The van der Waals surface area contributed by atoms with Crippen molar-refractivity contribution in [2.75, 3.05) is 7.11 Å². The Morgan fingerprint density at radius 2 is 2.21 bits per heavy atom. The quantitative estimate of drug-likeness (QED) is 0.938. The molecule has 0 aliphatic carbocycles. The van der Waals surface area contributed by atoms with Crippen molar-refractivity contribution < 1.29 is 14.2 Å². The SMILES string of the molecule is COc1cnccc1C(O)Cc1ccc(Br)cc1F. The molecular weight excluding hydrogens is 313 g/mol. The van der Waals surface area contributed by atoms with Gasteiger partial charge in [-0.05, 0) is 23.8 Å². The van der Waals surface area contributed by atoms with Gasteiger partial charge in [0.15, 0.2) is 0 Å².